The molecule has 1 N–H and O–H groups in total. The second-order valence-corrected chi connectivity index (χ2v) is 9.01. The van der Waals surface area contributed by atoms with Crippen molar-refractivity contribution in [3.05, 3.63) is 72.0 Å². The van der Waals surface area contributed by atoms with Crippen LogP contribution in [0.3, 0.4) is 0 Å². The fourth-order valence-electron chi connectivity index (χ4n) is 2.93. The molecular formula is C22H25N3O4S. The van der Waals surface area contributed by atoms with Crippen molar-refractivity contribution in [2.45, 2.75) is 11.7 Å². The van der Waals surface area contributed by atoms with Gasteiger partial charge in [0.25, 0.3) is 0 Å². The van der Waals surface area contributed by atoms with Crippen molar-refractivity contribution in [2.75, 3.05) is 32.3 Å². The largest absolute Gasteiger partial charge is 0.497 e. The predicted octanol–water partition coefficient (Wildman–Crippen LogP) is 3.07. The lowest BCUT2D eigenvalue weighted by Gasteiger charge is -2.10. The Bertz CT molecular complexity index is 1070. The number of anilines is 1. The lowest BCUT2D eigenvalue weighted by atomic mass is 10.1. The Kier molecular flexibility index (Phi) is 6.89. The van der Waals surface area contributed by atoms with Crippen LogP contribution in [-0.4, -0.2) is 50.7 Å². The first-order valence-corrected chi connectivity index (χ1v) is 11.4. The summed E-state index contributed by atoms with van der Waals surface area (Å²) in [6.07, 6.45) is 10.6. The third-order valence-corrected chi connectivity index (χ3v) is 5.90. The molecule has 2 aromatic rings. The summed E-state index contributed by atoms with van der Waals surface area (Å²) < 4.78 is 34.1. The number of methoxy groups -OCH3 is 2. The van der Waals surface area contributed by atoms with Crippen LogP contribution in [0.1, 0.15) is 11.3 Å². The van der Waals surface area contributed by atoms with Crippen LogP contribution in [0.2, 0.25) is 0 Å². The highest BCUT2D eigenvalue weighted by Crippen LogP contribution is 2.23. The van der Waals surface area contributed by atoms with E-state index in [4.69, 9.17) is 9.47 Å². The summed E-state index contributed by atoms with van der Waals surface area (Å²) in [7, 11) is -0.0467. The Morgan fingerprint density at radius 3 is 2.50 bits per heavy atom. The fraction of sp³-hybridized carbons (Fsp3) is 0.273. The Morgan fingerprint density at radius 1 is 1.07 bits per heavy atom. The normalized spacial score (nSPS) is 16.0. The summed E-state index contributed by atoms with van der Waals surface area (Å²) in [5.74, 6) is 1.46. The SMILES string of the molecule is COc1ccc(CCNc2cc(C3=CC=CC(S(C)(=O)=O)C=C3)nc(OC)n2)cc1. The zero-order valence-corrected chi connectivity index (χ0v) is 18.0. The van der Waals surface area contributed by atoms with Gasteiger partial charge in [-0.2, -0.15) is 9.97 Å². The molecule has 8 heteroatoms. The third kappa shape index (κ3) is 5.70. The zero-order chi connectivity index (χ0) is 21.6. The van der Waals surface area contributed by atoms with Crippen LogP contribution in [-0.2, 0) is 16.3 Å². The highest BCUT2D eigenvalue weighted by atomic mass is 32.2. The Morgan fingerprint density at radius 2 is 1.83 bits per heavy atom. The number of hydrogen-bond donors (Lipinski definition) is 1. The zero-order valence-electron chi connectivity index (χ0n) is 17.2. The number of allylic oxidation sites excluding steroid dienone is 4. The van der Waals surface area contributed by atoms with E-state index in [0.29, 0.717) is 18.1 Å². The topological polar surface area (TPSA) is 90.4 Å². The van der Waals surface area contributed by atoms with E-state index in [1.807, 2.05) is 36.4 Å². The minimum absolute atomic E-state index is 0.238. The summed E-state index contributed by atoms with van der Waals surface area (Å²) in [5.41, 5.74) is 2.59. The lowest BCUT2D eigenvalue weighted by Crippen LogP contribution is -2.13. The molecular weight excluding hydrogens is 402 g/mol. The summed E-state index contributed by atoms with van der Waals surface area (Å²) in [5, 5.41) is 2.64. The van der Waals surface area contributed by atoms with Gasteiger partial charge in [-0.15, -0.1) is 0 Å². The van der Waals surface area contributed by atoms with Crippen molar-refractivity contribution in [1.82, 2.24) is 9.97 Å². The van der Waals surface area contributed by atoms with Gasteiger partial charge in [0.1, 0.15) is 11.6 Å². The van der Waals surface area contributed by atoms with E-state index in [0.717, 1.165) is 17.7 Å². The van der Waals surface area contributed by atoms with Gasteiger partial charge < -0.3 is 14.8 Å². The average molecular weight is 428 g/mol. The van der Waals surface area contributed by atoms with Gasteiger partial charge in [0.15, 0.2) is 9.84 Å². The molecule has 0 saturated carbocycles. The van der Waals surface area contributed by atoms with Crippen LogP contribution in [0.5, 0.6) is 11.8 Å². The highest BCUT2D eigenvalue weighted by Gasteiger charge is 2.16. The molecule has 1 aliphatic rings. The monoisotopic (exact) mass is 427 g/mol. The first-order valence-electron chi connectivity index (χ1n) is 9.45. The Balaban J connectivity index is 1.73. The van der Waals surface area contributed by atoms with Crippen LogP contribution >= 0.6 is 0 Å². The van der Waals surface area contributed by atoms with Crippen LogP contribution in [0.4, 0.5) is 5.82 Å². The van der Waals surface area contributed by atoms with Crippen LogP contribution in [0.15, 0.2) is 60.7 Å². The van der Waals surface area contributed by atoms with Gasteiger partial charge >= 0.3 is 6.01 Å². The van der Waals surface area contributed by atoms with Crippen molar-refractivity contribution in [3.8, 4) is 11.8 Å². The molecule has 0 bridgehead atoms. The van der Waals surface area contributed by atoms with E-state index >= 15 is 0 Å². The highest BCUT2D eigenvalue weighted by molar-refractivity contribution is 7.91. The molecule has 0 amide bonds. The molecule has 1 aromatic heterocycles. The van der Waals surface area contributed by atoms with Gasteiger partial charge in [-0.1, -0.05) is 42.5 Å². The molecule has 1 aromatic carbocycles. The number of ether oxygens (including phenoxy) is 2. The molecule has 0 aliphatic heterocycles. The summed E-state index contributed by atoms with van der Waals surface area (Å²) >= 11 is 0. The molecule has 0 radical (unpaired) electrons. The van der Waals surface area contributed by atoms with E-state index in [1.165, 1.54) is 18.9 Å². The number of nitrogens with one attached hydrogen (secondary N) is 1. The minimum atomic E-state index is -3.20. The van der Waals surface area contributed by atoms with Gasteiger partial charge in [-0.3, -0.25) is 0 Å². The van der Waals surface area contributed by atoms with Crippen molar-refractivity contribution < 1.29 is 17.9 Å². The van der Waals surface area contributed by atoms with Crippen LogP contribution in [0.25, 0.3) is 5.57 Å². The molecule has 0 spiro atoms. The quantitative estimate of drug-likeness (QED) is 0.692. The summed E-state index contributed by atoms with van der Waals surface area (Å²) in [6.45, 7) is 0.677. The first-order chi connectivity index (χ1) is 14.4. The lowest BCUT2D eigenvalue weighted by molar-refractivity contribution is 0.380. The maximum absolute atomic E-state index is 11.8. The number of sulfone groups is 1. The van der Waals surface area contributed by atoms with E-state index in [9.17, 15) is 8.42 Å². The number of aromatic nitrogens is 2. The van der Waals surface area contributed by atoms with E-state index in [2.05, 4.69) is 15.3 Å². The van der Waals surface area contributed by atoms with E-state index < -0.39 is 15.1 Å². The standard InChI is InChI=1S/C22H25N3O4S/c1-28-18-10-7-16(8-11-18)13-14-23-21-15-20(24-22(25-21)29-2)17-5-4-6-19(12-9-17)30(3,26)27/h4-12,15,19H,13-14H2,1-3H3,(H,23,24,25). The summed E-state index contributed by atoms with van der Waals surface area (Å²) in [6, 6.07) is 9.98. The number of nitrogens with zero attached hydrogens (tertiary/aromatic N) is 2. The molecule has 1 unspecified atom stereocenters. The molecule has 0 saturated heterocycles. The average Bonchev–Trinajstić information content (AvgIpc) is 3.00. The fourth-order valence-corrected chi connectivity index (χ4v) is 3.67. The van der Waals surface area contributed by atoms with Crippen molar-refractivity contribution in [2.24, 2.45) is 0 Å². The van der Waals surface area contributed by atoms with E-state index in [1.54, 1.807) is 31.4 Å². The van der Waals surface area contributed by atoms with Crippen molar-refractivity contribution >= 4 is 21.2 Å². The molecule has 3 rings (SSSR count). The van der Waals surface area contributed by atoms with Crippen LogP contribution < -0.4 is 14.8 Å². The minimum Gasteiger partial charge on any atom is -0.497 e. The van der Waals surface area contributed by atoms with Crippen molar-refractivity contribution in [1.29, 1.82) is 0 Å². The molecule has 1 atom stereocenters. The maximum atomic E-state index is 11.8. The molecule has 1 aliphatic carbocycles. The molecule has 7 nitrogen and oxygen atoms in total. The molecule has 30 heavy (non-hydrogen) atoms. The first kappa shape index (κ1) is 21.6. The third-order valence-electron chi connectivity index (χ3n) is 4.60. The van der Waals surface area contributed by atoms with Gasteiger partial charge in [-0.05, 0) is 24.1 Å². The number of hydrogen-bond acceptors (Lipinski definition) is 7. The number of rotatable bonds is 8. The van der Waals surface area contributed by atoms with Gasteiger partial charge in [0.05, 0.1) is 25.2 Å². The van der Waals surface area contributed by atoms with Gasteiger partial charge in [-0.25, -0.2) is 8.42 Å². The molecule has 0 fully saturated rings. The smallest absolute Gasteiger partial charge is 0.318 e. The molecule has 158 valence electrons. The van der Waals surface area contributed by atoms with Gasteiger partial charge in [0.2, 0.25) is 0 Å². The second kappa shape index (κ2) is 9.58. The Labute approximate surface area is 177 Å². The second-order valence-electron chi connectivity index (χ2n) is 6.81. The molecule has 1 heterocycles. The van der Waals surface area contributed by atoms with Gasteiger partial charge in [0, 0.05) is 24.4 Å². The summed E-state index contributed by atoms with van der Waals surface area (Å²) in [4.78, 5) is 8.75. The van der Waals surface area contributed by atoms with Crippen molar-refractivity contribution in [3.63, 3.8) is 0 Å². The number of benzene rings is 1. The van der Waals surface area contributed by atoms with E-state index in [-0.39, 0.29) is 6.01 Å². The van der Waals surface area contributed by atoms with Crippen LogP contribution in [0, 0.1) is 0 Å². The maximum Gasteiger partial charge on any atom is 0.318 e. The Hall–Kier alpha value is -3.13. The predicted molar refractivity (Wildman–Crippen MR) is 119 cm³/mol.